The van der Waals surface area contributed by atoms with E-state index >= 15 is 0 Å². The first-order valence-electron chi connectivity index (χ1n) is 8.34. The molecule has 25 heavy (non-hydrogen) atoms. The predicted octanol–water partition coefficient (Wildman–Crippen LogP) is 2.74. The summed E-state index contributed by atoms with van der Waals surface area (Å²) in [6, 6.07) is 5.47. The maximum atomic E-state index is 6.59. The number of hydrogen-bond acceptors (Lipinski definition) is 7. The molecule has 136 valence electrons. The zero-order valence-electron chi connectivity index (χ0n) is 15.3. The van der Waals surface area contributed by atoms with Gasteiger partial charge < -0.3 is 24.5 Å². The lowest BCUT2D eigenvalue weighted by molar-refractivity contribution is -0.162. The van der Waals surface area contributed by atoms with Crippen LogP contribution in [-0.4, -0.2) is 37.1 Å². The molecule has 7 nitrogen and oxygen atoms in total. The highest BCUT2D eigenvalue weighted by atomic mass is 16.5. The van der Waals surface area contributed by atoms with Gasteiger partial charge >= 0.3 is 0 Å². The van der Waals surface area contributed by atoms with Crippen molar-refractivity contribution in [2.75, 3.05) is 20.8 Å². The van der Waals surface area contributed by atoms with Crippen LogP contribution in [-0.2, 0) is 10.3 Å². The molecule has 7 heteroatoms. The van der Waals surface area contributed by atoms with E-state index in [1.165, 1.54) is 0 Å². The number of nitrogens with two attached hydrogens (primary N) is 1. The molecule has 2 N–H and O–H groups in total. The van der Waals surface area contributed by atoms with Gasteiger partial charge in [-0.25, -0.2) is 0 Å². The summed E-state index contributed by atoms with van der Waals surface area (Å²) < 4.78 is 21.8. The quantitative estimate of drug-likeness (QED) is 0.859. The fourth-order valence-corrected chi connectivity index (χ4v) is 3.30. The third kappa shape index (κ3) is 2.67. The lowest BCUT2D eigenvalue weighted by Gasteiger charge is -2.56. The van der Waals surface area contributed by atoms with Gasteiger partial charge in [-0.2, -0.15) is 4.98 Å². The third-order valence-electron chi connectivity index (χ3n) is 5.28. The van der Waals surface area contributed by atoms with Crippen LogP contribution in [0.2, 0.25) is 0 Å². The van der Waals surface area contributed by atoms with E-state index in [1.54, 1.807) is 20.3 Å². The zero-order chi connectivity index (χ0) is 18.2. The molecule has 0 amide bonds. The van der Waals surface area contributed by atoms with Crippen molar-refractivity contribution in [3.05, 3.63) is 24.1 Å². The minimum absolute atomic E-state index is 0.0823. The van der Waals surface area contributed by atoms with Crippen molar-refractivity contribution in [3.8, 4) is 22.9 Å². The standard InChI is InChI=1S/C18H25N3O4/c1-6-24-14-10-18(19,17(14,2)3)16-20-15(21-25-16)11-7-8-12(22-4)13(9-11)23-5/h7-9,14H,6,10,19H2,1-5H3. The molecule has 0 bridgehead atoms. The highest BCUT2D eigenvalue weighted by Gasteiger charge is 2.62. The van der Waals surface area contributed by atoms with Crippen LogP contribution in [0.1, 0.15) is 33.1 Å². The van der Waals surface area contributed by atoms with Crippen molar-refractivity contribution in [3.63, 3.8) is 0 Å². The van der Waals surface area contributed by atoms with E-state index < -0.39 is 5.54 Å². The second-order valence-electron chi connectivity index (χ2n) is 6.83. The molecule has 0 aliphatic heterocycles. The van der Waals surface area contributed by atoms with Gasteiger partial charge in [0.15, 0.2) is 11.5 Å². The minimum Gasteiger partial charge on any atom is -0.493 e. The Morgan fingerprint density at radius 3 is 2.56 bits per heavy atom. The number of aromatic nitrogens is 2. The van der Waals surface area contributed by atoms with Gasteiger partial charge in [0.05, 0.1) is 20.3 Å². The van der Waals surface area contributed by atoms with E-state index in [-0.39, 0.29) is 11.5 Å². The summed E-state index contributed by atoms with van der Waals surface area (Å²) in [5.74, 6) is 2.15. The Bertz CT molecular complexity index is 759. The molecule has 0 saturated heterocycles. The third-order valence-corrected chi connectivity index (χ3v) is 5.28. The van der Waals surface area contributed by atoms with E-state index in [2.05, 4.69) is 24.0 Å². The van der Waals surface area contributed by atoms with Gasteiger partial charge in [0.1, 0.15) is 5.54 Å². The molecule has 3 rings (SSSR count). The first kappa shape index (κ1) is 17.7. The topological polar surface area (TPSA) is 92.6 Å². The molecule has 1 aliphatic rings. The van der Waals surface area contributed by atoms with Crippen molar-refractivity contribution in [1.29, 1.82) is 0 Å². The van der Waals surface area contributed by atoms with Gasteiger partial charge in [-0.05, 0) is 25.1 Å². The average Bonchev–Trinajstić information content (AvgIpc) is 3.11. The molecule has 1 heterocycles. The summed E-state index contributed by atoms with van der Waals surface area (Å²) in [6.07, 6.45) is 0.737. The number of hydrogen-bond donors (Lipinski definition) is 1. The normalized spacial score (nSPS) is 24.6. The molecule has 0 radical (unpaired) electrons. The van der Waals surface area contributed by atoms with Crippen LogP contribution in [0.25, 0.3) is 11.4 Å². The highest BCUT2D eigenvalue weighted by Crippen LogP contribution is 2.55. The monoisotopic (exact) mass is 347 g/mol. The summed E-state index contributed by atoms with van der Waals surface area (Å²) in [5, 5.41) is 4.10. The van der Waals surface area contributed by atoms with Gasteiger partial charge in [0, 0.05) is 24.0 Å². The van der Waals surface area contributed by atoms with Crippen LogP contribution in [0.5, 0.6) is 11.5 Å². The molecule has 1 fully saturated rings. The summed E-state index contributed by atoms with van der Waals surface area (Å²) >= 11 is 0. The SMILES string of the molecule is CCOC1CC(N)(c2nc(-c3ccc(OC)c(OC)c3)no2)C1(C)C. The molecule has 2 unspecified atom stereocenters. The predicted molar refractivity (Wildman–Crippen MR) is 92.5 cm³/mol. The van der Waals surface area contributed by atoms with Crippen LogP contribution < -0.4 is 15.2 Å². The van der Waals surface area contributed by atoms with Crippen LogP contribution in [0.3, 0.4) is 0 Å². The lowest BCUT2D eigenvalue weighted by atomic mass is 9.54. The van der Waals surface area contributed by atoms with Crippen molar-refractivity contribution < 1.29 is 18.7 Å². The van der Waals surface area contributed by atoms with Crippen molar-refractivity contribution in [2.24, 2.45) is 11.1 Å². The Labute approximate surface area is 147 Å². The van der Waals surface area contributed by atoms with Crippen molar-refractivity contribution >= 4 is 0 Å². The number of ether oxygens (including phenoxy) is 3. The number of benzene rings is 1. The Morgan fingerprint density at radius 1 is 1.24 bits per heavy atom. The second-order valence-corrected chi connectivity index (χ2v) is 6.83. The van der Waals surface area contributed by atoms with Gasteiger partial charge in [-0.3, -0.25) is 0 Å². The van der Waals surface area contributed by atoms with Crippen LogP contribution in [0.4, 0.5) is 0 Å². The fraction of sp³-hybridized carbons (Fsp3) is 0.556. The summed E-state index contributed by atoms with van der Waals surface area (Å²) in [5.41, 5.74) is 6.38. The maximum Gasteiger partial charge on any atom is 0.247 e. The second kappa shape index (κ2) is 6.31. The molecule has 1 aromatic carbocycles. The van der Waals surface area contributed by atoms with Crippen molar-refractivity contribution in [2.45, 2.75) is 38.8 Å². The molecular formula is C18H25N3O4. The Balaban J connectivity index is 1.89. The van der Waals surface area contributed by atoms with Gasteiger partial charge in [-0.15, -0.1) is 0 Å². The molecule has 1 aromatic heterocycles. The molecule has 2 atom stereocenters. The molecule has 0 spiro atoms. The Hall–Kier alpha value is -2.12. The first-order valence-corrected chi connectivity index (χ1v) is 8.34. The molecular weight excluding hydrogens is 322 g/mol. The van der Waals surface area contributed by atoms with Gasteiger partial charge in [0.2, 0.25) is 11.7 Å². The Kier molecular flexibility index (Phi) is 4.47. The molecule has 1 saturated carbocycles. The van der Waals surface area contributed by atoms with E-state index in [0.717, 1.165) is 5.56 Å². The highest BCUT2D eigenvalue weighted by molar-refractivity contribution is 5.60. The van der Waals surface area contributed by atoms with E-state index in [4.69, 9.17) is 24.5 Å². The fourth-order valence-electron chi connectivity index (χ4n) is 3.30. The summed E-state index contributed by atoms with van der Waals surface area (Å²) in [7, 11) is 3.18. The van der Waals surface area contributed by atoms with Crippen LogP contribution in [0.15, 0.2) is 22.7 Å². The number of nitrogens with zero attached hydrogens (tertiary/aromatic N) is 2. The van der Waals surface area contributed by atoms with Gasteiger partial charge in [-0.1, -0.05) is 19.0 Å². The van der Waals surface area contributed by atoms with Crippen molar-refractivity contribution in [1.82, 2.24) is 10.1 Å². The lowest BCUT2D eigenvalue weighted by Crippen LogP contribution is -2.67. The average molecular weight is 347 g/mol. The first-order chi connectivity index (χ1) is 11.9. The minimum atomic E-state index is -0.700. The van der Waals surface area contributed by atoms with E-state index in [0.29, 0.717) is 36.2 Å². The van der Waals surface area contributed by atoms with E-state index in [1.807, 2.05) is 19.1 Å². The van der Waals surface area contributed by atoms with Crippen LogP contribution in [0, 0.1) is 5.41 Å². The number of rotatable bonds is 6. The largest absolute Gasteiger partial charge is 0.493 e. The number of methoxy groups -OCH3 is 2. The summed E-state index contributed by atoms with van der Waals surface area (Å²) in [6.45, 7) is 6.77. The smallest absolute Gasteiger partial charge is 0.247 e. The zero-order valence-corrected chi connectivity index (χ0v) is 15.3. The molecule has 1 aliphatic carbocycles. The van der Waals surface area contributed by atoms with Crippen LogP contribution >= 0.6 is 0 Å². The van der Waals surface area contributed by atoms with E-state index in [9.17, 15) is 0 Å². The maximum absolute atomic E-state index is 6.59. The van der Waals surface area contributed by atoms with Gasteiger partial charge in [0.25, 0.3) is 0 Å². The Morgan fingerprint density at radius 2 is 1.96 bits per heavy atom. The molecule has 2 aromatic rings. The summed E-state index contributed by atoms with van der Waals surface area (Å²) in [4.78, 5) is 4.54.